The molecule has 0 aliphatic carbocycles. The van der Waals surface area contributed by atoms with Gasteiger partial charge in [0.25, 0.3) is 5.91 Å². The van der Waals surface area contributed by atoms with Crippen molar-refractivity contribution in [2.45, 2.75) is 13.3 Å². The summed E-state index contributed by atoms with van der Waals surface area (Å²) < 4.78 is 11.1. The summed E-state index contributed by atoms with van der Waals surface area (Å²) in [4.78, 5) is 16.8. The molecule has 2 heterocycles. The number of carbonyl (C=O) groups is 1. The van der Waals surface area contributed by atoms with Gasteiger partial charge in [0.2, 0.25) is 0 Å². The number of anilines is 3. The van der Waals surface area contributed by atoms with Crippen LogP contribution >= 0.6 is 0 Å². The Balaban J connectivity index is 1.46. The Bertz CT molecular complexity index is 987. The van der Waals surface area contributed by atoms with Gasteiger partial charge in [-0.25, -0.2) is 0 Å². The van der Waals surface area contributed by atoms with E-state index in [1.165, 1.54) is 5.56 Å². The molecule has 0 spiro atoms. The van der Waals surface area contributed by atoms with E-state index in [2.05, 4.69) is 34.7 Å². The van der Waals surface area contributed by atoms with Crippen LogP contribution in [0.4, 0.5) is 17.1 Å². The van der Waals surface area contributed by atoms with E-state index in [4.69, 9.17) is 9.47 Å². The summed E-state index contributed by atoms with van der Waals surface area (Å²) in [6.07, 6.45) is 4.23. The first-order valence-corrected chi connectivity index (χ1v) is 9.23. The van der Waals surface area contributed by atoms with Gasteiger partial charge < -0.3 is 20.1 Å². The molecule has 1 aromatic heterocycles. The average Bonchev–Trinajstić information content (AvgIpc) is 2.74. The van der Waals surface area contributed by atoms with Crippen molar-refractivity contribution in [3.05, 3.63) is 72.1 Å². The van der Waals surface area contributed by atoms with Crippen molar-refractivity contribution in [2.24, 2.45) is 0 Å². The van der Waals surface area contributed by atoms with Crippen LogP contribution in [0.25, 0.3) is 0 Å². The van der Waals surface area contributed by atoms with Crippen LogP contribution < -0.4 is 20.1 Å². The first-order chi connectivity index (χ1) is 13.7. The van der Waals surface area contributed by atoms with Crippen molar-refractivity contribution in [3.8, 4) is 11.5 Å². The zero-order chi connectivity index (χ0) is 19.3. The standard InChI is InChI=1S/C22H21N3O3/c1-2-15-3-5-17(6-4-15)24-19-11-16(13-23-14-19)22(26)25-18-7-8-20-21(12-18)28-10-9-27-20/h3-8,11-14,24H,2,9-10H2,1H3,(H,25,26). The van der Waals surface area contributed by atoms with Crippen LogP contribution in [0.5, 0.6) is 11.5 Å². The molecule has 0 radical (unpaired) electrons. The SMILES string of the molecule is CCc1ccc(Nc2cncc(C(=O)Nc3ccc4c(c3)OCCO4)c2)cc1. The Hall–Kier alpha value is -3.54. The zero-order valence-corrected chi connectivity index (χ0v) is 15.6. The van der Waals surface area contributed by atoms with Gasteiger partial charge in [-0.05, 0) is 42.3 Å². The van der Waals surface area contributed by atoms with Gasteiger partial charge in [-0.2, -0.15) is 0 Å². The smallest absolute Gasteiger partial charge is 0.257 e. The number of rotatable bonds is 5. The molecule has 0 saturated carbocycles. The predicted molar refractivity (Wildman–Crippen MR) is 109 cm³/mol. The molecular formula is C22H21N3O3. The molecule has 1 aliphatic rings. The number of benzene rings is 2. The maximum atomic E-state index is 12.6. The van der Waals surface area contributed by atoms with E-state index in [9.17, 15) is 4.79 Å². The lowest BCUT2D eigenvalue weighted by atomic mass is 10.1. The van der Waals surface area contributed by atoms with E-state index in [0.717, 1.165) is 17.8 Å². The van der Waals surface area contributed by atoms with Crippen LogP contribution in [0, 0.1) is 0 Å². The van der Waals surface area contributed by atoms with E-state index in [-0.39, 0.29) is 5.91 Å². The summed E-state index contributed by atoms with van der Waals surface area (Å²) >= 11 is 0. The number of ether oxygens (including phenoxy) is 2. The number of fused-ring (bicyclic) bond motifs is 1. The third-order valence-corrected chi connectivity index (χ3v) is 4.45. The van der Waals surface area contributed by atoms with Crippen molar-refractivity contribution in [1.82, 2.24) is 4.98 Å². The number of hydrogen-bond acceptors (Lipinski definition) is 5. The maximum Gasteiger partial charge on any atom is 0.257 e. The molecule has 1 amide bonds. The number of nitrogens with zero attached hydrogens (tertiary/aromatic N) is 1. The minimum atomic E-state index is -0.242. The van der Waals surface area contributed by atoms with Crippen LogP contribution in [0.15, 0.2) is 60.9 Å². The normalized spacial score (nSPS) is 12.3. The Labute approximate surface area is 163 Å². The number of amides is 1. The molecule has 28 heavy (non-hydrogen) atoms. The first-order valence-electron chi connectivity index (χ1n) is 9.23. The number of hydrogen-bond donors (Lipinski definition) is 2. The third kappa shape index (κ3) is 4.06. The van der Waals surface area contributed by atoms with Crippen LogP contribution in [0.3, 0.4) is 0 Å². The lowest BCUT2D eigenvalue weighted by molar-refractivity contribution is 0.102. The molecular weight excluding hydrogens is 354 g/mol. The maximum absolute atomic E-state index is 12.6. The summed E-state index contributed by atoms with van der Waals surface area (Å²) in [5, 5.41) is 6.15. The topological polar surface area (TPSA) is 72.5 Å². The van der Waals surface area contributed by atoms with E-state index in [1.54, 1.807) is 36.7 Å². The largest absolute Gasteiger partial charge is 0.486 e. The van der Waals surface area contributed by atoms with E-state index in [0.29, 0.717) is 36.0 Å². The molecule has 0 unspecified atom stereocenters. The Morgan fingerprint density at radius 1 is 0.929 bits per heavy atom. The average molecular weight is 375 g/mol. The van der Waals surface area contributed by atoms with Gasteiger partial charge in [0.15, 0.2) is 11.5 Å². The highest BCUT2D eigenvalue weighted by molar-refractivity contribution is 6.04. The lowest BCUT2D eigenvalue weighted by Gasteiger charge is -2.19. The number of nitrogens with one attached hydrogen (secondary N) is 2. The minimum Gasteiger partial charge on any atom is -0.486 e. The fourth-order valence-corrected chi connectivity index (χ4v) is 2.95. The second kappa shape index (κ2) is 8.00. The first kappa shape index (κ1) is 17.9. The molecule has 0 saturated heterocycles. The monoisotopic (exact) mass is 375 g/mol. The molecule has 0 fully saturated rings. The number of aryl methyl sites for hydroxylation is 1. The number of aromatic nitrogens is 1. The van der Waals surface area contributed by atoms with Crippen LogP contribution in [0.1, 0.15) is 22.8 Å². The van der Waals surface area contributed by atoms with Crippen molar-refractivity contribution in [1.29, 1.82) is 0 Å². The summed E-state index contributed by atoms with van der Waals surface area (Å²) in [6.45, 7) is 3.16. The molecule has 2 aromatic carbocycles. The third-order valence-electron chi connectivity index (χ3n) is 4.45. The molecule has 4 rings (SSSR count). The van der Waals surface area contributed by atoms with Crippen molar-refractivity contribution < 1.29 is 14.3 Å². The van der Waals surface area contributed by atoms with Gasteiger partial charge in [0.05, 0.1) is 17.4 Å². The van der Waals surface area contributed by atoms with E-state index in [1.807, 2.05) is 12.1 Å². The Kier molecular flexibility index (Phi) is 5.10. The van der Waals surface area contributed by atoms with Crippen LogP contribution in [0.2, 0.25) is 0 Å². The van der Waals surface area contributed by atoms with Gasteiger partial charge >= 0.3 is 0 Å². The van der Waals surface area contributed by atoms with Gasteiger partial charge in [0.1, 0.15) is 13.2 Å². The van der Waals surface area contributed by atoms with Gasteiger partial charge in [-0.15, -0.1) is 0 Å². The molecule has 3 aromatic rings. The molecule has 1 aliphatic heterocycles. The summed E-state index contributed by atoms with van der Waals surface area (Å²) in [7, 11) is 0. The number of pyridine rings is 1. The Morgan fingerprint density at radius 2 is 1.68 bits per heavy atom. The van der Waals surface area contributed by atoms with Crippen molar-refractivity contribution >= 4 is 23.0 Å². The van der Waals surface area contributed by atoms with E-state index >= 15 is 0 Å². The molecule has 0 atom stereocenters. The fraction of sp³-hybridized carbons (Fsp3) is 0.182. The molecule has 6 heteroatoms. The van der Waals surface area contributed by atoms with Gasteiger partial charge in [0, 0.05) is 23.6 Å². The summed E-state index contributed by atoms with van der Waals surface area (Å²) in [5.74, 6) is 1.08. The molecule has 142 valence electrons. The lowest BCUT2D eigenvalue weighted by Crippen LogP contribution is -2.16. The Morgan fingerprint density at radius 3 is 2.46 bits per heavy atom. The predicted octanol–water partition coefficient (Wildman–Crippen LogP) is 4.41. The van der Waals surface area contributed by atoms with Crippen molar-refractivity contribution in [3.63, 3.8) is 0 Å². The van der Waals surface area contributed by atoms with E-state index < -0.39 is 0 Å². The quantitative estimate of drug-likeness (QED) is 0.691. The van der Waals surface area contributed by atoms with Crippen LogP contribution in [-0.2, 0) is 6.42 Å². The minimum absolute atomic E-state index is 0.242. The molecule has 2 N–H and O–H groups in total. The van der Waals surface area contributed by atoms with Crippen molar-refractivity contribution in [2.75, 3.05) is 23.8 Å². The van der Waals surface area contributed by atoms with Gasteiger partial charge in [-0.1, -0.05) is 19.1 Å². The number of carbonyl (C=O) groups excluding carboxylic acids is 1. The zero-order valence-electron chi connectivity index (χ0n) is 15.6. The van der Waals surface area contributed by atoms with Gasteiger partial charge in [-0.3, -0.25) is 9.78 Å². The highest BCUT2D eigenvalue weighted by Crippen LogP contribution is 2.32. The second-order valence-corrected chi connectivity index (χ2v) is 6.45. The summed E-state index contributed by atoms with van der Waals surface area (Å²) in [6, 6.07) is 15.3. The summed E-state index contributed by atoms with van der Waals surface area (Å²) in [5.41, 5.74) is 4.08. The highest BCUT2D eigenvalue weighted by Gasteiger charge is 2.14. The fourth-order valence-electron chi connectivity index (χ4n) is 2.95. The van der Waals surface area contributed by atoms with Crippen LogP contribution in [-0.4, -0.2) is 24.1 Å². The second-order valence-electron chi connectivity index (χ2n) is 6.45. The molecule has 0 bridgehead atoms. The molecule has 6 nitrogen and oxygen atoms in total. The highest BCUT2D eigenvalue weighted by atomic mass is 16.6.